The number of benzene rings is 2. The van der Waals surface area contributed by atoms with Gasteiger partial charge in [-0.05, 0) is 18.1 Å². The van der Waals surface area contributed by atoms with Gasteiger partial charge in [0.2, 0.25) is 0 Å². The average Bonchev–Trinajstić information content (AvgIpc) is 2.41. The van der Waals surface area contributed by atoms with Gasteiger partial charge in [0.15, 0.2) is 0 Å². The van der Waals surface area contributed by atoms with E-state index >= 15 is 0 Å². The van der Waals surface area contributed by atoms with Crippen molar-refractivity contribution in [2.75, 3.05) is 0 Å². The number of nitrogens with zero attached hydrogens (tertiary/aromatic N) is 2. The molecular formula is C14H12N2O4. The van der Waals surface area contributed by atoms with Crippen molar-refractivity contribution in [2.45, 2.75) is 13.3 Å². The lowest BCUT2D eigenvalue weighted by Gasteiger charge is -2.06. The molecule has 0 aromatic heterocycles. The molecule has 2 aromatic rings. The van der Waals surface area contributed by atoms with Crippen LogP contribution < -0.4 is 0 Å². The normalized spacial score (nSPS) is 10.2. The Morgan fingerprint density at radius 3 is 2.15 bits per heavy atom. The van der Waals surface area contributed by atoms with Crippen LogP contribution in [0.4, 0.5) is 11.4 Å². The highest BCUT2D eigenvalue weighted by atomic mass is 16.6. The fraction of sp³-hybridized carbons (Fsp3) is 0.143. The van der Waals surface area contributed by atoms with Crippen LogP contribution in [-0.4, -0.2) is 9.85 Å². The zero-order valence-corrected chi connectivity index (χ0v) is 10.8. The van der Waals surface area contributed by atoms with Gasteiger partial charge >= 0.3 is 0 Å². The van der Waals surface area contributed by atoms with Crippen LogP contribution in [0.1, 0.15) is 16.7 Å². The Balaban J connectivity index is 2.34. The van der Waals surface area contributed by atoms with E-state index in [2.05, 4.69) is 0 Å². The number of hydrogen-bond acceptors (Lipinski definition) is 4. The molecule has 0 atom stereocenters. The van der Waals surface area contributed by atoms with Gasteiger partial charge in [0.05, 0.1) is 9.85 Å². The lowest BCUT2D eigenvalue weighted by atomic mass is 9.98. The summed E-state index contributed by atoms with van der Waals surface area (Å²) in [6.45, 7) is 1.81. The molecule has 2 rings (SSSR count). The van der Waals surface area contributed by atoms with Gasteiger partial charge in [0.25, 0.3) is 11.4 Å². The lowest BCUT2D eigenvalue weighted by molar-refractivity contribution is -0.385. The summed E-state index contributed by atoms with van der Waals surface area (Å²) in [7, 11) is 0. The molecule has 2 aromatic carbocycles. The van der Waals surface area contributed by atoms with E-state index in [1.807, 2.05) is 13.0 Å². The number of non-ortho nitro benzene ring substituents is 1. The van der Waals surface area contributed by atoms with Gasteiger partial charge in [0.1, 0.15) is 0 Å². The van der Waals surface area contributed by atoms with E-state index in [0.29, 0.717) is 12.0 Å². The lowest BCUT2D eigenvalue weighted by Crippen LogP contribution is -1.99. The smallest absolute Gasteiger partial charge is 0.258 e. The Hall–Kier alpha value is -2.76. The summed E-state index contributed by atoms with van der Waals surface area (Å²) in [6.07, 6.45) is 0.376. The molecule has 0 aliphatic heterocycles. The second-order valence-electron chi connectivity index (χ2n) is 4.43. The van der Waals surface area contributed by atoms with Crippen LogP contribution >= 0.6 is 0 Å². The molecule has 0 aliphatic carbocycles. The van der Waals surface area contributed by atoms with E-state index < -0.39 is 9.85 Å². The maximum atomic E-state index is 11.0. The summed E-state index contributed by atoms with van der Waals surface area (Å²) < 4.78 is 0. The molecule has 0 spiro atoms. The number of nitro benzene ring substituents is 2. The highest BCUT2D eigenvalue weighted by molar-refractivity contribution is 5.48. The summed E-state index contributed by atoms with van der Waals surface area (Å²) in [5.41, 5.74) is 2.34. The molecule has 0 amide bonds. The number of rotatable bonds is 4. The van der Waals surface area contributed by atoms with Crippen molar-refractivity contribution in [1.29, 1.82) is 0 Å². The van der Waals surface area contributed by atoms with Crippen LogP contribution in [0.2, 0.25) is 0 Å². The Bertz CT molecular complexity index is 665. The first-order chi connectivity index (χ1) is 9.49. The molecule has 6 nitrogen and oxygen atoms in total. The monoisotopic (exact) mass is 272 g/mol. The van der Waals surface area contributed by atoms with E-state index in [1.165, 1.54) is 18.2 Å². The Morgan fingerprint density at radius 1 is 0.950 bits per heavy atom. The number of hydrogen-bond donors (Lipinski definition) is 0. The highest BCUT2D eigenvalue weighted by Crippen LogP contribution is 2.25. The molecule has 102 valence electrons. The van der Waals surface area contributed by atoms with Gasteiger partial charge < -0.3 is 0 Å². The van der Waals surface area contributed by atoms with Crippen LogP contribution in [-0.2, 0) is 6.42 Å². The summed E-state index contributed by atoms with van der Waals surface area (Å²) >= 11 is 0. The van der Waals surface area contributed by atoms with Crippen LogP contribution in [0.25, 0.3) is 0 Å². The predicted octanol–water partition coefficient (Wildman–Crippen LogP) is 3.40. The largest absolute Gasteiger partial charge is 0.273 e. The molecule has 0 bridgehead atoms. The predicted molar refractivity (Wildman–Crippen MR) is 73.7 cm³/mol. The van der Waals surface area contributed by atoms with Gasteiger partial charge in [-0.2, -0.15) is 0 Å². The molecule has 0 N–H and O–H groups in total. The van der Waals surface area contributed by atoms with Gasteiger partial charge in [-0.3, -0.25) is 20.2 Å². The standard InChI is InChI=1S/C14H12N2O4/c1-10-3-2-4-14(16(19)20)13(10)9-11-5-7-12(8-6-11)15(17)18/h2-8H,9H2,1H3. The second kappa shape index (κ2) is 5.48. The first-order valence-electron chi connectivity index (χ1n) is 5.95. The Labute approximate surface area is 115 Å². The summed E-state index contributed by atoms with van der Waals surface area (Å²) in [6, 6.07) is 11.0. The Morgan fingerprint density at radius 2 is 1.60 bits per heavy atom. The molecule has 20 heavy (non-hydrogen) atoms. The Kier molecular flexibility index (Phi) is 3.74. The van der Waals surface area contributed by atoms with Crippen LogP contribution in [0.5, 0.6) is 0 Å². The average molecular weight is 272 g/mol. The minimum atomic E-state index is -0.472. The molecule has 0 saturated heterocycles. The van der Waals surface area contributed by atoms with Crippen molar-refractivity contribution in [2.24, 2.45) is 0 Å². The minimum Gasteiger partial charge on any atom is -0.258 e. The fourth-order valence-corrected chi connectivity index (χ4v) is 2.03. The van der Waals surface area contributed by atoms with Crippen molar-refractivity contribution < 1.29 is 9.85 Å². The van der Waals surface area contributed by atoms with Crippen molar-refractivity contribution >= 4 is 11.4 Å². The first-order valence-corrected chi connectivity index (χ1v) is 5.95. The molecule has 0 radical (unpaired) electrons. The van der Waals surface area contributed by atoms with Crippen molar-refractivity contribution in [3.63, 3.8) is 0 Å². The van der Waals surface area contributed by atoms with E-state index in [1.54, 1.807) is 18.2 Å². The third-order valence-electron chi connectivity index (χ3n) is 3.11. The van der Waals surface area contributed by atoms with Crippen molar-refractivity contribution in [1.82, 2.24) is 0 Å². The summed E-state index contributed by atoms with van der Waals surface area (Å²) in [4.78, 5) is 20.7. The summed E-state index contributed by atoms with van der Waals surface area (Å²) in [5.74, 6) is 0. The maximum absolute atomic E-state index is 11.0. The van der Waals surface area contributed by atoms with Crippen LogP contribution in [0.3, 0.4) is 0 Å². The number of nitro groups is 2. The molecular weight excluding hydrogens is 260 g/mol. The van der Waals surface area contributed by atoms with Gasteiger partial charge in [-0.1, -0.05) is 24.3 Å². The zero-order chi connectivity index (χ0) is 14.7. The molecule has 0 aliphatic rings. The topological polar surface area (TPSA) is 86.3 Å². The molecule has 0 fully saturated rings. The molecule has 6 heteroatoms. The summed E-state index contributed by atoms with van der Waals surface area (Å²) in [5, 5.41) is 21.6. The van der Waals surface area contributed by atoms with E-state index in [4.69, 9.17) is 0 Å². The zero-order valence-electron chi connectivity index (χ0n) is 10.8. The quantitative estimate of drug-likeness (QED) is 0.630. The van der Waals surface area contributed by atoms with Gasteiger partial charge in [-0.15, -0.1) is 0 Å². The fourth-order valence-electron chi connectivity index (χ4n) is 2.03. The van der Waals surface area contributed by atoms with E-state index in [9.17, 15) is 20.2 Å². The van der Waals surface area contributed by atoms with Crippen molar-refractivity contribution in [3.8, 4) is 0 Å². The first kappa shape index (κ1) is 13.7. The van der Waals surface area contributed by atoms with Crippen molar-refractivity contribution in [3.05, 3.63) is 79.4 Å². The third-order valence-corrected chi connectivity index (χ3v) is 3.11. The van der Waals surface area contributed by atoms with Gasteiger partial charge in [0, 0.05) is 30.2 Å². The van der Waals surface area contributed by atoms with E-state index in [-0.39, 0.29) is 11.4 Å². The van der Waals surface area contributed by atoms with Crippen LogP contribution in [0, 0.1) is 27.2 Å². The van der Waals surface area contributed by atoms with Crippen LogP contribution in [0.15, 0.2) is 42.5 Å². The molecule has 0 heterocycles. The van der Waals surface area contributed by atoms with E-state index in [0.717, 1.165) is 11.1 Å². The number of aryl methyl sites for hydroxylation is 1. The minimum absolute atomic E-state index is 0.00744. The maximum Gasteiger partial charge on any atom is 0.273 e. The van der Waals surface area contributed by atoms with Gasteiger partial charge in [-0.25, -0.2) is 0 Å². The molecule has 0 unspecified atom stereocenters. The third kappa shape index (κ3) is 2.80. The highest BCUT2D eigenvalue weighted by Gasteiger charge is 2.16. The molecule has 0 saturated carbocycles. The SMILES string of the molecule is Cc1cccc([N+](=O)[O-])c1Cc1ccc([N+](=O)[O-])cc1. The second-order valence-corrected chi connectivity index (χ2v) is 4.43.